The van der Waals surface area contributed by atoms with Crippen LogP contribution in [0.15, 0.2) is 4.76 Å². The molecule has 0 aliphatic carbocycles. The van der Waals surface area contributed by atoms with Gasteiger partial charge in [-0.05, 0) is 19.3 Å². The summed E-state index contributed by atoms with van der Waals surface area (Å²) in [7, 11) is 0.769. The third kappa shape index (κ3) is 4.61. The Labute approximate surface area is 57.2 Å². The Kier molecular flexibility index (Phi) is 5.90. The summed E-state index contributed by atoms with van der Waals surface area (Å²) in [4.78, 5) is 0. The first-order chi connectivity index (χ1) is 3.81. The molecule has 1 unspecified atom stereocenters. The van der Waals surface area contributed by atoms with Crippen LogP contribution in [0.5, 0.6) is 0 Å². The number of hydrogen-bond acceptors (Lipinski definition) is 2. The minimum absolute atomic E-state index is 0.769. The zero-order chi connectivity index (χ0) is 6.41. The highest BCUT2D eigenvalue weighted by molar-refractivity contribution is 8.13. The molecule has 3 heteroatoms. The van der Waals surface area contributed by atoms with Crippen molar-refractivity contribution in [3.05, 3.63) is 0 Å². The summed E-state index contributed by atoms with van der Waals surface area (Å²) in [6.45, 7) is 4.20. The second-order valence-corrected chi connectivity index (χ2v) is 3.59. The molecule has 0 aromatic heterocycles. The molecule has 0 saturated heterocycles. The molecule has 0 fully saturated rings. The lowest BCUT2D eigenvalue weighted by atomic mass is 10.9. The monoisotopic (exact) mass is 149 g/mol. The Morgan fingerprint density at radius 1 is 1.75 bits per heavy atom. The molecule has 0 aromatic rings. The van der Waals surface area contributed by atoms with E-state index in [0.717, 1.165) is 8.73 Å². The Morgan fingerprint density at radius 3 is 2.75 bits per heavy atom. The normalized spacial score (nSPS) is 13.6. The number of hydrogen-bond donors (Lipinski definition) is 0. The first kappa shape index (κ1) is 8.45. The summed E-state index contributed by atoms with van der Waals surface area (Å²) in [6, 6.07) is 0. The Bertz CT molecular complexity index is 82.5. The van der Waals surface area contributed by atoms with Crippen molar-refractivity contribution >= 4 is 25.5 Å². The molecule has 0 saturated carbocycles. The fraction of sp³-hybridized carbons (Fsp3) is 0.800. The van der Waals surface area contributed by atoms with Crippen LogP contribution >= 0.6 is 20.5 Å². The molecule has 1 atom stereocenters. The maximum atomic E-state index is 4.27. The van der Waals surface area contributed by atoms with Gasteiger partial charge in [-0.3, -0.25) is 4.76 Å². The molecule has 0 spiro atoms. The van der Waals surface area contributed by atoms with Crippen molar-refractivity contribution in [3.8, 4) is 0 Å². The molecular weight excluding hydrogens is 137 g/mol. The van der Waals surface area contributed by atoms with E-state index in [1.54, 1.807) is 11.8 Å². The highest BCUT2D eigenvalue weighted by Crippen LogP contribution is 2.13. The molecule has 0 aromatic carbocycles. The van der Waals surface area contributed by atoms with Crippen LogP contribution in [0.2, 0.25) is 0 Å². The van der Waals surface area contributed by atoms with Crippen LogP contribution in [-0.2, 0) is 0 Å². The van der Waals surface area contributed by atoms with Crippen molar-refractivity contribution in [2.45, 2.75) is 13.8 Å². The quantitative estimate of drug-likeness (QED) is 0.333. The molecule has 48 valence electrons. The van der Waals surface area contributed by atoms with Crippen LogP contribution in [0.1, 0.15) is 13.8 Å². The molecule has 0 heterocycles. The average Bonchev–Trinajstić information content (AvgIpc) is 1.83. The first-order valence-corrected chi connectivity index (χ1v) is 5.00. The highest BCUT2D eigenvalue weighted by Gasteiger charge is 1.81. The van der Waals surface area contributed by atoms with Gasteiger partial charge in [-0.15, -0.1) is 11.8 Å². The standard InChI is InChI=1S/C5H12NPS/c1-4-7-6-5(2)8-3/h7H,4H2,1-3H3. The number of rotatable bonds is 2. The molecule has 0 N–H and O–H groups in total. The Morgan fingerprint density at radius 2 is 2.38 bits per heavy atom. The van der Waals surface area contributed by atoms with E-state index < -0.39 is 0 Å². The second-order valence-electron chi connectivity index (χ2n) is 1.35. The van der Waals surface area contributed by atoms with E-state index in [1.807, 2.05) is 6.92 Å². The van der Waals surface area contributed by atoms with Gasteiger partial charge in [0, 0.05) is 8.73 Å². The van der Waals surface area contributed by atoms with Crippen molar-refractivity contribution in [2.24, 2.45) is 4.76 Å². The summed E-state index contributed by atoms with van der Waals surface area (Å²) in [5.74, 6) is 0. The Balaban J connectivity index is 3.26. The fourth-order valence-electron chi connectivity index (χ4n) is 0.236. The van der Waals surface area contributed by atoms with E-state index in [-0.39, 0.29) is 0 Å². The molecular formula is C5H12NPS. The van der Waals surface area contributed by atoms with E-state index in [9.17, 15) is 0 Å². The minimum Gasteiger partial charge on any atom is -0.263 e. The van der Waals surface area contributed by atoms with Gasteiger partial charge in [-0.1, -0.05) is 6.92 Å². The van der Waals surface area contributed by atoms with Crippen molar-refractivity contribution in [3.63, 3.8) is 0 Å². The summed E-state index contributed by atoms with van der Waals surface area (Å²) >= 11 is 1.72. The minimum atomic E-state index is 0.769. The predicted molar refractivity (Wildman–Crippen MR) is 45.5 cm³/mol. The second kappa shape index (κ2) is 5.58. The topological polar surface area (TPSA) is 12.4 Å². The van der Waals surface area contributed by atoms with E-state index in [1.165, 1.54) is 11.2 Å². The summed E-state index contributed by atoms with van der Waals surface area (Å²) in [6.07, 6.45) is 3.23. The number of nitrogens with zero attached hydrogens (tertiary/aromatic N) is 1. The molecule has 0 aliphatic rings. The SMILES string of the molecule is CCPN=C(C)SC. The van der Waals surface area contributed by atoms with E-state index in [4.69, 9.17) is 0 Å². The lowest BCUT2D eigenvalue weighted by Gasteiger charge is -1.90. The molecule has 8 heavy (non-hydrogen) atoms. The van der Waals surface area contributed by atoms with Gasteiger partial charge in [0.15, 0.2) is 0 Å². The molecule has 0 rings (SSSR count). The van der Waals surface area contributed by atoms with E-state index in [0.29, 0.717) is 0 Å². The van der Waals surface area contributed by atoms with Crippen LogP contribution in [0, 0.1) is 0 Å². The molecule has 0 bridgehead atoms. The van der Waals surface area contributed by atoms with Gasteiger partial charge in [0.05, 0.1) is 5.04 Å². The van der Waals surface area contributed by atoms with Crippen molar-refractivity contribution < 1.29 is 0 Å². The average molecular weight is 149 g/mol. The first-order valence-electron chi connectivity index (χ1n) is 2.62. The predicted octanol–water partition coefficient (Wildman–Crippen LogP) is 2.38. The zero-order valence-electron chi connectivity index (χ0n) is 5.56. The van der Waals surface area contributed by atoms with E-state index >= 15 is 0 Å². The van der Waals surface area contributed by atoms with Crippen LogP contribution in [0.4, 0.5) is 0 Å². The Hall–Kier alpha value is 0.450. The van der Waals surface area contributed by atoms with Gasteiger partial charge in [0.2, 0.25) is 0 Å². The molecule has 0 amide bonds. The molecule has 0 aliphatic heterocycles. The summed E-state index contributed by atoms with van der Waals surface area (Å²) in [5.41, 5.74) is 0. The van der Waals surface area contributed by atoms with Crippen LogP contribution in [-0.4, -0.2) is 17.5 Å². The van der Waals surface area contributed by atoms with Crippen molar-refractivity contribution in [2.75, 3.05) is 12.4 Å². The van der Waals surface area contributed by atoms with Crippen LogP contribution in [0.25, 0.3) is 0 Å². The largest absolute Gasteiger partial charge is 0.263 e. The van der Waals surface area contributed by atoms with Gasteiger partial charge < -0.3 is 0 Å². The molecule has 1 nitrogen and oxygen atoms in total. The van der Waals surface area contributed by atoms with Crippen molar-refractivity contribution in [1.29, 1.82) is 0 Å². The maximum absolute atomic E-state index is 4.27. The lowest BCUT2D eigenvalue weighted by molar-refractivity contribution is 1.50. The van der Waals surface area contributed by atoms with Gasteiger partial charge >= 0.3 is 0 Å². The summed E-state index contributed by atoms with van der Waals surface area (Å²) in [5, 5.41) is 1.20. The number of thioether (sulfide) groups is 1. The van der Waals surface area contributed by atoms with Crippen LogP contribution < -0.4 is 0 Å². The van der Waals surface area contributed by atoms with Crippen molar-refractivity contribution in [1.82, 2.24) is 0 Å². The third-order valence-corrected chi connectivity index (χ3v) is 2.34. The maximum Gasteiger partial charge on any atom is 0.0683 e. The van der Waals surface area contributed by atoms with Gasteiger partial charge in [-0.25, -0.2) is 0 Å². The molecule has 0 radical (unpaired) electrons. The van der Waals surface area contributed by atoms with Crippen LogP contribution in [0.3, 0.4) is 0 Å². The lowest BCUT2D eigenvalue weighted by Crippen LogP contribution is -1.75. The van der Waals surface area contributed by atoms with Gasteiger partial charge in [0.25, 0.3) is 0 Å². The van der Waals surface area contributed by atoms with Gasteiger partial charge in [0.1, 0.15) is 0 Å². The van der Waals surface area contributed by atoms with Gasteiger partial charge in [-0.2, -0.15) is 0 Å². The zero-order valence-corrected chi connectivity index (χ0v) is 7.38. The summed E-state index contributed by atoms with van der Waals surface area (Å²) < 4.78 is 4.27. The third-order valence-electron chi connectivity index (χ3n) is 0.690. The smallest absolute Gasteiger partial charge is 0.0683 e. The fourth-order valence-corrected chi connectivity index (χ4v) is 1.18. The highest BCUT2D eigenvalue weighted by atomic mass is 32.2. The van der Waals surface area contributed by atoms with E-state index in [2.05, 4.69) is 17.9 Å².